The Balaban J connectivity index is 2.36. The van der Waals surface area contributed by atoms with Crippen LogP contribution in [-0.4, -0.2) is 10.2 Å². The zero-order valence-electron chi connectivity index (χ0n) is 10.8. The summed E-state index contributed by atoms with van der Waals surface area (Å²) in [6.07, 6.45) is 0. The molecule has 0 saturated carbocycles. The Hall–Kier alpha value is -2.44. The van der Waals surface area contributed by atoms with Crippen molar-refractivity contribution in [3.8, 4) is 17.3 Å². The van der Waals surface area contributed by atoms with Crippen LogP contribution >= 0.6 is 11.6 Å². The molecule has 0 atom stereocenters. The average Bonchev–Trinajstić information content (AvgIpc) is 2.48. The molecule has 4 heteroatoms. The van der Waals surface area contributed by atoms with Crippen molar-refractivity contribution in [3.63, 3.8) is 0 Å². The lowest BCUT2D eigenvalue weighted by atomic mass is 10.0. The molecule has 0 aliphatic heterocycles. The number of halogens is 1. The Morgan fingerprint density at radius 3 is 2.50 bits per heavy atom. The molecule has 96 valence electrons. The highest BCUT2D eigenvalue weighted by Gasteiger charge is 2.12. The molecular weight excluding hydrogens is 270 g/mol. The van der Waals surface area contributed by atoms with Crippen molar-refractivity contribution < 1.29 is 0 Å². The number of hydrogen-bond acceptors (Lipinski definition) is 3. The molecule has 0 N–H and O–H groups in total. The Labute approximate surface area is 121 Å². The first-order chi connectivity index (χ1) is 9.70. The van der Waals surface area contributed by atoms with Crippen molar-refractivity contribution >= 4 is 22.4 Å². The molecule has 0 unspecified atom stereocenters. The fourth-order valence-corrected chi connectivity index (χ4v) is 2.43. The quantitative estimate of drug-likeness (QED) is 0.673. The highest BCUT2D eigenvalue weighted by molar-refractivity contribution is 6.35. The van der Waals surface area contributed by atoms with E-state index >= 15 is 0 Å². The van der Waals surface area contributed by atoms with Gasteiger partial charge in [-0.3, -0.25) is 0 Å². The SMILES string of the molecule is Cc1ccc(-c2nnc(Cl)c3c(C#N)cccc23)cc1. The molecule has 0 bridgehead atoms. The monoisotopic (exact) mass is 279 g/mol. The van der Waals surface area contributed by atoms with Crippen molar-refractivity contribution in [2.45, 2.75) is 6.92 Å². The standard InChI is InChI=1S/C16H10ClN3/c1-10-5-7-11(8-6-10)15-13-4-2-3-12(9-18)14(13)16(17)20-19-15/h2-8H,1H3. The molecular formula is C16H10ClN3. The normalized spacial score (nSPS) is 10.4. The third kappa shape index (κ3) is 2.01. The number of benzene rings is 2. The Kier molecular flexibility index (Phi) is 3.09. The van der Waals surface area contributed by atoms with E-state index in [4.69, 9.17) is 11.6 Å². The lowest BCUT2D eigenvalue weighted by molar-refractivity contribution is 1.06. The van der Waals surface area contributed by atoms with Crippen LogP contribution in [0.2, 0.25) is 5.15 Å². The van der Waals surface area contributed by atoms with Gasteiger partial charge in [-0.05, 0) is 13.0 Å². The van der Waals surface area contributed by atoms with Crippen LogP contribution in [0.3, 0.4) is 0 Å². The van der Waals surface area contributed by atoms with Gasteiger partial charge in [0.1, 0.15) is 5.69 Å². The fourth-order valence-electron chi connectivity index (χ4n) is 2.19. The van der Waals surface area contributed by atoms with Crippen LogP contribution in [0.25, 0.3) is 22.0 Å². The van der Waals surface area contributed by atoms with Crippen LogP contribution in [0.5, 0.6) is 0 Å². The number of nitriles is 1. The first-order valence-electron chi connectivity index (χ1n) is 6.13. The minimum atomic E-state index is 0.257. The predicted octanol–water partition coefficient (Wildman–Crippen LogP) is 4.13. The van der Waals surface area contributed by atoms with Gasteiger partial charge >= 0.3 is 0 Å². The van der Waals surface area contributed by atoms with Gasteiger partial charge in [0.2, 0.25) is 0 Å². The number of aromatic nitrogens is 2. The van der Waals surface area contributed by atoms with E-state index in [1.807, 2.05) is 43.3 Å². The van der Waals surface area contributed by atoms with Crippen molar-refractivity contribution in [2.75, 3.05) is 0 Å². The molecule has 3 aromatic rings. The summed E-state index contributed by atoms with van der Waals surface area (Å²) in [5.74, 6) is 0. The smallest absolute Gasteiger partial charge is 0.160 e. The molecule has 3 nitrogen and oxygen atoms in total. The van der Waals surface area contributed by atoms with E-state index in [9.17, 15) is 5.26 Å². The van der Waals surface area contributed by atoms with Gasteiger partial charge < -0.3 is 0 Å². The summed E-state index contributed by atoms with van der Waals surface area (Å²) in [5, 5.41) is 19.1. The number of hydrogen-bond donors (Lipinski definition) is 0. The maximum Gasteiger partial charge on any atom is 0.160 e. The van der Waals surface area contributed by atoms with Crippen LogP contribution in [0, 0.1) is 18.3 Å². The van der Waals surface area contributed by atoms with Crippen LogP contribution in [0.4, 0.5) is 0 Å². The van der Waals surface area contributed by atoms with Gasteiger partial charge in [0.15, 0.2) is 5.15 Å². The second-order valence-corrected chi connectivity index (χ2v) is 4.90. The van der Waals surface area contributed by atoms with E-state index in [2.05, 4.69) is 16.3 Å². The van der Waals surface area contributed by atoms with Crippen LogP contribution in [0.1, 0.15) is 11.1 Å². The van der Waals surface area contributed by atoms with Gasteiger partial charge in [0.25, 0.3) is 0 Å². The Morgan fingerprint density at radius 1 is 1.05 bits per heavy atom. The first kappa shape index (κ1) is 12.6. The minimum Gasteiger partial charge on any atom is -0.192 e. The molecule has 2 aromatic carbocycles. The molecule has 1 heterocycles. The van der Waals surface area contributed by atoms with Crippen LogP contribution in [-0.2, 0) is 0 Å². The molecule has 0 spiro atoms. The summed E-state index contributed by atoms with van der Waals surface area (Å²) < 4.78 is 0. The summed E-state index contributed by atoms with van der Waals surface area (Å²) in [4.78, 5) is 0. The topological polar surface area (TPSA) is 49.6 Å². The van der Waals surface area contributed by atoms with E-state index in [1.165, 1.54) is 5.56 Å². The molecule has 0 saturated heterocycles. The van der Waals surface area contributed by atoms with Gasteiger partial charge in [0, 0.05) is 16.3 Å². The third-order valence-corrected chi connectivity index (χ3v) is 3.47. The summed E-state index contributed by atoms with van der Waals surface area (Å²) in [5.41, 5.74) is 3.38. The zero-order valence-corrected chi connectivity index (χ0v) is 11.5. The van der Waals surface area contributed by atoms with Gasteiger partial charge in [-0.1, -0.05) is 53.6 Å². The maximum absolute atomic E-state index is 9.20. The Morgan fingerprint density at radius 2 is 1.80 bits per heavy atom. The third-order valence-electron chi connectivity index (χ3n) is 3.21. The summed E-state index contributed by atoms with van der Waals surface area (Å²) in [7, 11) is 0. The molecule has 0 radical (unpaired) electrons. The molecule has 0 aliphatic rings. The van der Waals surface area contributed by atoms with Crippen LogP contribution < -0.4 is 0 Å². The summed E-state index contributed by atoms with van der Waals surface area (Å²) in [6, 6.07) is 15.6. The van der Waals surface area contributed by atoms with E-state index in [1.54, 1.807) is 6.07 Å². The van der Waals surface area contributed by atoms with E-state index in [0.29, 0.717) is 10.9 Å². The Bertz CT molecular complexity index is 833. The molecule has 0 amide bonds. The second-order valence-electron chi connectivity index (χ2n) is 4.55. The summed E-state index contributed by atoms with van der Waals surface area (Å²) in [6.45, 7) is 2.03. The van der Waals surface area contributed by atoms with Crippen molar-refractivity contribution in [1.82, 2.24) is 10.2 Å². The van der Waals surface area contributed by atoms with E-state index < -0.39 is 0 Å². The largest absolute Gasteiger partial charge is 0.192 e. The lowest BCUT2D eigenvalue weighted by Gasteiger charge is -2.07. The van der Waals surface area contributed by atoms with Gasteiger partial charge in [-0.2, -0.15) is 5.26 Å². The van der Waals surface area contributed by atoms with Gasteiger partial charge in [-0.15, -0.1) is 10.2 Å². The summed E-state index contributed by atoms with van der Waals surface area (Å²) >= 11 is 6.10. The van der Waals surface area contributed by atoms with Crippen molar-refractivity contribution in [3.05, 3.63) is 58.7 Å². The van der Waals surface area contributed by atoms with Crippen LogP contribution in [0.15, 0.2) is 42.5 Å². The maximum atomic E-state index is 9.20. The zero-order chi connectivity index (χ0) is 14.1. The second kappa shape index (κ2) is 4.92. The highest BCUT2D eigenvalue weighted by Crippen LogP contribution is 2.31. The average molecular weight is 280 g/mol. The van der Waals surface area contributed by atoms with E-state index in [-0.39, 0.29) is 5.15 Å². The highest BCUT2D eigenvalue weighted by atomic mass is 35.5. The molecule has 3 rings (SSSR count). The predicted molar refractivity (Wildman–Crippen MR) is 79.4 cm³/mol. The van der Waals surface area contributed by atoms with Crippen molar-refractivity contribution in [2.24, 2.45) is 0 Å². The molecule has 1 aromatic heterocycles. The van der Waals surface area contributed by atoms with Crippen molar-refractivity contribution in [1.29, 1.82) is 5.26 Å². The number of nitrogens with zero attached hydrogens (tertiary/aromatic N) is 3. The molecule has 0 fully saturated rings. The van der Waals surface area contributed by atoms with E-state index in [0.717, 1.165) is 16.6 Å². The van der Waals surface area contributed by atoms with Gasteiger partial charge in [0.05, 0.1) is 11.6 Å². The fraction of sp³-hybridized carbons (Fsp3) is 0.0625. The first-order valence-corrected chi connectivity index (χ1v) is 6.50. The lowest BCUT2D eigenvalue weighted by Crippen LogP contribution is -1.93. The molecule has 0 aliphatic carbocycles. The molecule has 20 heavy (non-hydrogen) atoms. The number of fused-ring (bicyclic) bond motifs is 1. The number of aryl methyl sites for hydroxylation is 1. The minimum absolute atomic E-state index is 0.257. The van der Waals surface area contributed by atoms with Gasteiger partial charge in [-0.25, -0.2) is 0 Å². The number of rotatable bonds is 1.